The molecule has 1 atom stereocenters. The maximum Gasteiger partial charge on any atom is 0.425 e. The first-order chi connectivity index (χ1) is 9.74. The molecule has 0 bridgehead atoms. The molecule has 2 rings (SSSR count). The van der Waals surface area contributed by atoms with Gasteiger partial charge in [-0.25, -0.2) is 0 Å². The monoisotopic (exact) mass is 317 g/mol. The zero-order valence-corrected chi connectivity index (χ0v) is 11.3. The summed E-state index contributed by atoms with van der Waals surface area (Å²) in [5.41, 5.74) is 1.52. The summed E-state index contributed by atoms with van der Waals surface area (Å²) < 4.78 is 44.8. The van der Waals surface area contributed by atoms with Gasteiger partial charge in [-0.15, -0.1) is 0 Å². The largest absolute Gasteiger partial charge is 0.465 e. The van der Waals surface area contributed by atoms with Crippen molar-refractivity contribution in [2.75, 3.05) is 5.73 Å². The van der Waals surface area contributed by atoms with Crippen LogP contribution in [0.1, 0.15) is 11.3 Å². The maximum absolute atomic E-state index is 13.3. The number of alkyl halides is 3. The third kappa shape index (κ3) is 3.06. The number of rotatable bonds is 3. The van der Waals surface area contributed by atoms with Gasteiger partial charge in [-0.3, -0.25) is 0 Å². The second-order valence-electron chi connectivity index (χ2n) is 4.34. The van der Waals surface area contributed by atoms with Gasteiger partial charge in [0.1, 0.15) is 5.76 Å². The van der Waals surface area contributed by atoms with Crippen molar-refractivity contribution in [2.45, 2.75) is 11.8 Å². The molecule has 1 heterocycles. The molecule has 0 fully saturated rings. The van der Waals surface area contributed by atoms with E-state index in [0.29, 0.717) is 6.08 Å². The molecule has 0 radical (unpaired) electrons. The van der Waals surface area contributed by atoms with Crippen LogP contribution in [0.25, 0.3) is 6.08 Å². The highest BCUT2D eigenvalue weighted by molar-refractivity contribution is 6.30. The van der Waals surface area contributed by atoms with Crippen LogP contribution >= 0.6 is 11.6 Å². The molecule has 7 heteroatoms. The molecule has 0 saturated carbocycles. The van der Waals surface area contributed by atoms with Gasteiger partial charge in [0.2, 0.25) is 5.60 Å². The number of halogens is 4. The van der Waals surface area contributed by atoms with Gasteiger partial charge in [0.05, 0.1) is 6.26 Å². The Bertz CT molecular complexity index is 653. The van der Waals surface area contributed by atoms with Gasteiger partial charge >= 0.3 is 6.18 Å². The third-order valence-corrected chi connectivity index (χ3v) is 3.13. The van der Waals surface area contributed by atoms with Crippen LogP contribution in [-0.2, 0) is 5.60 Å². The van der Waals surface area contributed by atoms with E-state index in [1.165, 1.54) is 30.5 Å². The molecule has 0 spiro atoms. The summed E-state index contributed by atoms with van der Waals surface area (Å²) in [5, 5.41) is 10.2. The molecule has 21 heavy (non-hydrogen) atoms. The van der Waals surface area contributed by atoms with E-state index in [1.54, 1.807) is 0 Å². The lowest BCUT2D eigenvalue weighted by molar-refractivity contribution is -0.244. The number of nitrogen functional groups attached to an aromatic ring is 1. The van der Waals surface area contributed by atoms with Crippen molar-refractivity contribution >= 4 is 23.4 Å². The topological polar surface area (TPSA) is 59.4 Å². The number of anilines is 1. The minimum Gasteiger partial charge on any atom is -0.465 e. The Balaban J connectivity index is 2.54. The van der Waals surface area contributed by atoms with E-state index in [2.05, 4.69) is 0 Å². The second kappa shape index (κ2) is 5.46. The number of hydrogen-bond acceptors (Lipinski definition) is 3. The summed E-state index contributed by atoms with van der Waals surface area (Å²) in [4.78, 5) is 0. The highest BCUT2D eigenvalue weighted by Crippen LogP contribution is 2.43. The average molecular weight is 318 g/mol. The Morgan fingerprint density at radius 2 is 1.95 bits per heavy atom. The second-order valence-corrected chi connectivity index (χ2v) is 4.78. The molecule has 0 saturated heterocycles. The fourth-order valence-corrected chi connectivity index (χ4v) is 1.96. The number of aliphatic hydroxyl groups is 1. The fraction of sp³-hybridized carbons (Fsp3) is 0.143. The minimum atomic E-state index is -4.98. The van der Waals surface area contributed by atoms with Crippen molar-refractivity contribution in [2.24, 2.45) is 0 Å². The van der Waals surface area contributed by atoms with Crippen molar-refractivity contribution in [1.82, 2.24) is 0 Å². The Hall–Kier alpha value is -1.92. The van der Waals surface area contributed by atoms with Crippen molar-refractivity contribution in [1.29, 1.82) is 0 Å². The molecule has 1 aromatic heterocycles. The quantitative estimate of drug-likeness (QED) is 0.842. The van der Waals surface area contributed by atoms with E-state index >= 15 is 0 Å². The predicted octanol–water partition coefficient (Wildman–Crippen LogP) is 3.98. The highest BCUT2D eigenvalue weighted by atomic mass is 35.5. The van der Waals surface area contributed by atoms with Crippen LogP contribution in [0.5, 0.6) is 0 Å². The van der Waals surface area contributed by atoms with Gasteiger partial charge in [-0.2, -0.15) is 13.2 Å². The zero-order chi connectivity index (χ0) is 15.7. The summed E-state index contributed by atoms with van der Waals surface area (Å²) in [7, 11) is 0. The molecule has 0 amide bonds. The van der Waals surface area contributed by atoms with Crippen molar-refractivity contribution in [3.8, 4) is 0 Å². The van der Waals surface area contributed by atoms with E-state index < -0.39 is 17.3 Å². The van der Waals surface area contributed by atoms with Crippen LogP contribution in [0.15, 0.2) is 47.1 Å². The van der Waals surface area contributed by atoms with Crippen molar-refractivity contribution in [3.05, 3.63) is 59.0 Å². The molecule has 1 unspecified atom stereocenters. The third-order valence-electron chi connectivity index (χ3n) is 2.89. The van der Waals surface area contributed by atoms with Gasteiger partial charge in [0.25, 0.3) is 0 Å². The summed E-state index contributed by atoms with van der Waals surface area (Å²) >= 11 is 5.70. The zero-order valence-electron chi connectivity index (χ0n) is 10.6. The van der Waals surface area contributed by atoms with Crippen molar-refractivity contribution < 1.29 is 22.7 Å². The molecule has 0 aliphatic rings. The number of furan rings is 1. The van der Waals surface area contributed by atoms with Gasteiger partial charge in [0.15, 0.2) is 0 Å². The first-order valence-corrected chi connectivity index (χ1v) is 6.19. The molecule has 1 aromatic carbocycles. The lowest BCUT2D eigenvalue weighted by atomic mass is 9.91. The number of nitrogens with two attached hydrogens (primary N) is 1. The Morgan fingerprint density at radius 1 is 1.24 bits per heavy atom. The highest BCUT2D eigenvalue weighted by Gasteiger charge is 2.54. The predicted molar refractivity (Wildman–Crippen MR) is 73.6 cm³/mol. The smallest absolute Gasteiger partial charge is 0.425 e. The molecule has 112 valence electrons. The Kier molecular flexibility index (Phi) is 4.02. The van der Waals surface area contributed by atoms with Crippen LogP contribution in [0.2, 0.25) is 5.02 Å². The van der Waals surface area contributed by atoms with Crippen LogP contribution in [-0.4, -0.2) is 11.3 Å². The first kappa shape index (κ1) is 15.5. The molecule has 3 N–H and O–H groups in total. The molecular weight excluding hydrogens is 307 g/mol. The van der Waals surface area contributed by atoms with Gasteiger partial charge in [-0.1, -0.05) is 11.6 Å². The van der Waals surface area contributed by atoms with E-state index in [4.69, 9.17) is 21.8 Å². The van der Waals surface area contributed by atoms with E-state index in [1.807, 2.05) is 0 Å². The van der Waals surface area contributed by atoms with Crippen LogP contribution in [0.4, 0.5) is 18.9 Å². The summed E-state index contributed by atoms with van der Waals surface area (Å²) in [5.74, 6) is 0.165. The van der Waals surface area contributed by atoms with Gasteiger partial charge < -0.3 is 15.3 Å². The fourth-order valence-electron chi connectivity index (χ4n) is 1.78. The SMILES string of the molecule is Nc1ccc(Cl)cc1C(O)(/C=C/c1ccco1)C(F)(F)F. The van der Waals surface area contributed by atoms with Gasteiger partial charge in [-0.05, 0) is 42.5 Å². The summed E-state index contributed by atoms with van der Waals surface area (Å²) in [6.07, 6.45) is -2.07. The molecule has 0 aliphatic heterocycles. The maximum atomic E-state index is 13.3. The van der Waals surface area contributed by atoms with Crippen LogP contribution in [0.3, 0.4) is 0 Å². The molecule has 2 aromatic rings. The lowest BCUT2D eigenvalue weighted by Gasteiger charge is -2.29. The minimum absolute atomic E-state index is 0.0354. The molecule has 3 nitrogen and oxygen atoms in total. The number of hydrogen-bond donors (Lipinski definition) is 2. The molecule has 0 aliphatic carbocycles. The summed E-state index contributed by atoms with van der Waals surface area (Å²) in [6, 6.07) is 6.49. The van der Waals surface area contributed by atoms with Gasteiger partial charge in [0, 0.05) is 16.3 Å². The molecular formula is C14H11ClF3NO2. The average Bonchev–Trinajstić information content (AvgIpc) is 2.90. The lowest BCUT2D eigenvalue weighted by Crippen LogP contribution is -2.41. The normalized spacial score (nSPS) is 15.3. The van der Waals surface area contributed by atoms with E-state index in [0.717, 1.165) is 12.1 Å². The standard InChI is InChI=1S/C14H11ClF3NO2/c15-9-3-4-12(19)11(8-9)13(20,14(16,17)18)6-5-10-2-1-7-21-10/h1-8,20H,19H2/b6-5+. The van der Waals surface area contributed by atoms with Crippen LogP contribution < -0.4 is 5.73 Å². The van der Waals surface area contributed by atoms with E-state index in [9.17, 15) is 18.3 Å². The first-order valence-electron chi connectivity index (χ1n) is 5.81. The summed E-state index contributed by atoms with van der Waals surface area (Å²) in [6.45, 7) is 0. The van der Waals surface area contributed by atoms with Crippen molar-refractivity contribution in [3.63, 3.8) is 0 Å². The van der Waals surface area contributed by atoms with Crippen LogP contribution in [0, 0.1) is 0 Å². The Morgan fingerprint density at radius 3 is 2.52 bits per heavy atom. The van der Waals surface area contributed by atoms with E-state index in [-0.39, 0.29) is 16.5 Å². The Labute approximate surface area is 123 Å². The number of benzene rings is 1.